The third-order valence-electron chi connectivity index (χ3n) is 9.64. The van der Waals surface area contributed by atoms with E-state index in [-0.39, 0.29) is 79.0 Å². The lowest BCUT2D eigenvalue weighted by molar-refractivity contribution is -0.144. The van der Waals surface area contributed by atoms with Gasteiger partial charge in [0.1, 0.15) is 35.4 Å². The van der Waals surface area contributed by atoms with Crippen molar-refractivity contribution in [2.24, 2.45) is 0 Å². The second kappa shape index (κ2) is 14.3. The van der Waals surface area contributed by atoms with Gasteiger partial charge in [0, 0.05) is 11.1 Å². The molecular formula is C43H18F12N4. The topological polar surface area (TPSA) is 95.2 Å². The van der Waals surface area contributed by atoms with Crippen molar-refractivity contribution in [3.8, 4) is 46.5 Å². The fraction of sp³-hybridized carbons (Fsp3) is 0.116. The summed E-state index contributed by atoms with van der Waals surface area (Å²) in [6.07, 6.45) is -19.2. The number of nitriles is 4. The Bertz CT molecular complexity index is 2730. The van der Waals surface area contributed by atoms with E-state index < -0.39 is 69.2 Å². The molecule has 0 bridgehead atoms. The molecule has 294 valence electrons. The summed E-state index contributed by atoms with van der Waals surface area (Å²) in [7, 11) is 0. The molecule has 0 fully saturated rings. The fourth-order valence-corrected chi connectivity index (χ4v) is 6.95. The van der Waals surface area contributed by atoms with Crippen molar-refractivity contribution in [2.45, 2.75) is 31.6 Å². The first-order chi connectivity index (χ1) is 27.4. The molecule has 4 nitrogen and oxygen atoms in total. The van der Waals surface area contributed by atoms with E-state index in [0.29, 0.717) is 24.3 Å². The number of benzene rings is 4. The van der Waals surface area contributed by atoms with Crippen LogP contribution in [0, 0.1) is 45.3 Å². The molecule has 59 heavy (non-hydrogen) atoms. The summed E-state index contributed by atoms with van der Waals surface area (Å²) in [4.78, 5) is 0. The van der Waals surface area contributed by atoms with E-state index in [1.165, 1.54) is 49.4 Å². The molecule has 0 amide bonds. The maximum atomic E-state index is 13.7. The number of halogens is 12. The highest BCUT2D eigenvalue weighted by atomic mass is 19.4. The van der Waals surface area contributed by atoms with Crippen LogP contribution in [0.2, 0.25) is 0 Å². The van der Waals surface area contributed by atoms with Gasteiger partial charge in [-0.1, -0.05) is 30.8 Å². The molecule has 0 aromatic heterocycles. The molecular weight excluding hydrogens is 800 g/mol. The van der Waals surface area contributed by atoms with Crippen molar-refractivity contribution < 1.29 is 52.7 Å². The lowest BCUT2D eigenvalue weighted by Crippen LogP contribution is -2.11. The average molecular weight is 819 g/mol. The van der Waals surface area contributed by atoms with Gasteiger partial charge in [-0.15, -0.1) is 0 Å². The SMILES string of the molecule is C=C1C(=C(C#N)C#N)c2cc(-c3cc(C(F)(F)F)cc(C(F)(F)F)c3)ccc2/C1=C/C1=C(C)C(=C(C#N)C#N)c2cc(-c3cc(C(F)(F)F)cc(C(F)(F)F)c3)ccc21. The van der Waals surface area contributed by atoms with Gasteiger partial charge >= 0.3 is 24.7 Å². The normalized spacial score (nSPS) is 14.7. The molecule has 6 rings (SSSR count). The summed E-state index contributed by atoms with van der Waals surface area (Å²) in [6.45, 7) is 5.49. The van der Waals surface area contributed by atoms with Crippen LogP contribution >= 0.6 is 0 Å². The van der Waals surface area contributed by atoms with Gasteiger partial charge in [0.05, 0.1) is 22.3 Å². The summed E-state index contributed by atoms with van der Waals surface area (Å²) in [5.41, 5.74) is -7.50. The Morgan fingerprint density at radius 2 is 0.831 bits per heavy atom. The van der Waals surface area contributed by atoms with E-state index >= 15 is 0 Å². The zero-order valence-corrected chi connectivity index (χ0v) is 29.5. The van der Waals surface area contributed by atoms with E-state index in [1.807, 2.05) is 0 Å². The number of hydrogen-bond acceptors (Lipinski definition) is 4. The highest BCUT2D eigenvalue weighted by molar-refractivity contribution is 6.15. The smallest absolute Gasteiger partial charge is 0.192 e. The molecule has 4 aromatic rings. The van der Waals surface area contributed by atoms with Gasteiger partial charge in [0.25, 0.3) is 0 Å². The van der Waals surface area contributed by atoms with Crippen molar-refractivity contribution in [1.29, 1.82) is 21.0 Å². The minimum Gasteiger partial charge on any atom is -0.192 e. The Hall–Kier alpha value is -7.30. The minimum absolute atomic E-state index is 0.00982. The van der Waals surface area contributed by atoms with Gasteiger partial charge in [0.15, 0.2) is 0 Å². The first kappa shape index (κ1) is 41.3. The van der Waals surface area contributed by atoms with Crippen molar-refractivity contribution >= 4 is 22.3 Å². The van der Waals surface area contributed by atoms with E-state index in [0.717, 1.165) is 0 Å². The van der Waals surface area contributed by atoms with Gasteiger partial charge in [-0.05, 0) is 128 Å². The summed E-state index contributed by atoms with van der Waals surface area (Å²) in [6, 6.07) is 16.4. The molecule has 0 radical (unpaired) electrons. The lowest BCUT2D eigenvalue weighted by Gasteiger charge is -2.15. The first-order valence-corrected chi connectivity index (χ1v) is 16.5. The number of hydrogen-bond donors (Lipinski definition) is 0. The molecule has 16 heteroatoms. The zero-order valence-electron chi connectivity index (χ0n) is 29.5. The average Bonchev–Trinajstić information content (AvgIpc) is 3.59. The van der Waals surface area contributed by atoms with Gasteiger partial charge < -0.3 is 0 Å². The highest BCUT2D eigenvalue weighted by Crippen LogP contribution is 2.52. The number of rotatable bonds is 3. The summed E-state index contributed by atoms with van der Waals surface area (Å²) < 4.78 is 165. The third kappa shape index (κ3) is 7.49. The van der Waals surface area contributed by atoms with E-state index in [9.17, 15) is 73.7 Å². The lowest BCUT2D eigenvalue weighted by atomic mass is 9.92. The van der Waals surface area contributed by atoms with Crippen LogP contribution in [0.4, 0.5) is 52.7 Å². The molecule has 0 saturated carbocycles. The largest absolute Gasteiger partial charge is 0.416 e. The predicted octanol–water partition coefficient (Wildman–Crippen LogP) is 13.1. The molecule has 2 aliphatic rings. The Labute approximate surface area is 326 Å². The number of alkyl halides is 12. The van der Waals surface area contributed by atoms with Crippen LogP contribution in [0.5, 0.6) is 0 Å². The maximum absolute atomic E-state index is 13.7. The van der Waals surface area contributed by atoms with Crippen LogP contribution in [-0.4, -0.2) is 0 Å². The Morgan fingerprint density at radius 3 is 1.20 bits per heavy atom. The van der Waals surface area contributed by atoms with Crippen molar-refractivity contribution in [2.75, 3.05) is 0 Å². The second-order valence-corrected chi connectivity index (χ2v) is 13.1. The molecule has 0 spiro atoms. The Balaban J connectivity index is 1.58. The molecule has 0 heterocycles. The number of allylic oxidation sites excluding steroid dienone is 9. The van der Waals surface area contributed by atoms with Gasteiger partial charge in [-0.3, -0.25) is 0 Å². The van der Waals surface area contributed by atoms with Crippen LogP contribution in [0.3, 0.4) is 0 Å². The Morgan fingerprint density at radius 1 is 0.475 bits per heavy atom. The van der Waals surface area contributed by atoms with E-state index in [1.54, 1.807) is 24.3 Å². The summed E-state index contributed by atoms with van der Waals surface area (Å²) in [5, 5.41) is 39.5. The standard InChI is InChI=1S/C43H18F12N4/c1-20-34(32-5-3-22(11-36(32)38(20)26(16-56)17-57)24-7-28(40(44,45)46)13-29(8-24)41(47,48)49)15-35-21(2)39(27(18-58)19-59)37-12-23(4-6-33(35)37)25-9-30(42(50,51)52)14-31(10-25)43(53,54)55/h3-15H,1H2,2H3/b34-15+. The molecule has 0 atom stereocenters. The quantitative estimate of drug-likeness (QED) is 0.152. The van der Waals surface area contributed by atoms with Crippen LogP contribution < -0.4 is 0 Å². The second-order valence-electron chi connectivity index (χ2n) is 13.1. The van der Waals surface area contributed by atoms with E-state index in [4.69, 9.17) is 0 Å². The van der Waals surface area contributed by atoms with Crippen LogP contribution in [0.15, 0.2) is 108 Å². The summed E-state index contributed by atoms with van der Waals surface area (Å²) >= 11 is 0. The first-order valence-electron chi connectivity index (χ1n) is 16.5. The van der Waals surface area contributed by atoms with E-state index in [2.05, 4.69) is 6.58 Å². The Kier molecular flexibility index (Phi) is 9.99. The van der Waals surface area contributed by atoms with Crippen LogP contribution in [0.1, 0.15) is 51.4 Å². The van der Waals surface area contributed by atoms with Crippen molar-refractivity contribution in [3.05, 3.63) is 152 Å². The predicted molar refractivity (Wildman–Crippen MR) is 190 cm³/mol. The summed E-state index contributed by atoms with van der Waals surface area (Å²) in [5.74, 6) is 0. The van der Waals surface area contributed by atoms with Crippen LogP contribution in [0.25, 0.3) is 44.5 Å². The molecule has 0 unspecified atom stereocenters. The van der Waals surface area contributed by atoms with Gasteiger partial charge in [-0.2, -0.15) is 73.7 Å². The van der Waals surface area contributed by atoms with Crippen molar-refractivity contribution in [3.63, 3.8) is 0 Å². The maximum Gasteiger partial charge on any atom is 0.416 e. The minimum atomic E-state index is -5.16. The molecule has 0 aliphatic heterocycles. The molecule has 0 N–H and O–H groups in total. The zero-order chi connectivity index (χ0) is 43.6. The van der Waals surface area contributed by atoms with Gasteiger partial charge in [-0.25, -0.2) is 0 Å². The third-order valence-corrected chi connectivity index (χ3v) is 9.64. The number of fused-ring (bicyclic) bond motifs is 2. The monoisotopic (exact) mass is 818 g/mol. The number of nitrogens with zero attached hydrogens (tertiary/aromatic N) is 4. The molecule has 4 aromatic carbocycles. The van der Waals surface area contributed by atoms with Crippen LogP contribution in [-0.2, 0) is 24.7 Å². The van der Waals surface area contributed by atoms with Gasteiger partial charge in [0.2, 0.25) is 0 Å². The highest BCUT2D eigenvalue weighted by Gasteiger charge is 2.39. The molecule has 2 aliphatic carbocycles. The molecule has 0 saturated heterocycles. The fourth-order valence-electron chi connectivity index (χ4n) is 6.95. The van der Waals surface area contributed by atoms with Crippen molar-refractivity contribution in [1.82, 2.24) is 0 Å².